The van der Waals surface area contributed by atoms with E-state index < -0.39 is 0 Å². The quantitative estimate of drug-likeness (QED) is 0.290. The molecule has 0 bridgehead atoms. The van der Waals surface area contributed by atoms with Gasteiger partial charge >= 0.3 is 0 Å². The molecule has 2 aromatic heterocycles. The predicted octanol–water partition coefficient (Wildman–Crippen LogP) is 4.73. The summed E-state index contributed by atoms with van der Waals surface area (Å²) in [4.78, 5) is 18.0. The molecule has 0 radical (unpaired) electrons. The highest BCUT2D eigenvalue weighted by molar-refractivity contribution is 7.15. The first kappa shape index (κ1) is 23.8. The minimum atomic E-state index is -0.195. The monoisotopic (exact) mass is 479 g/mol. The number of unbranched alkanes of at least 4 members (excludes halogenated alkanes) is 3. The van der Waals surface area contributed by atoms with Crippen LogP contribution in [0.1, 0.15) is 45.1 Å². The molecule has 0 atom stereocenters. The second kappa shape index (κ2) is 11.2. The largest absolute Gasteiger partial charge is 0.494 e. The fourth-order valence-corrected chi connectivity index (χ4v) is 4.49. The molecular weight excluding hydrogens is 450 g/mol. The number of hydrogen-bond donors (Lipinski definition) is 0. The SMILES string of the molecule is CCCCCCOc1ccc(/C=c2\sc3nc(-c4ccc(OCC)cc4)nn3c2=O)cc1OC. The smallest absolute Gasteiger partial charge is 0.291 e. The van der Waals surface area contributed by atoms with E-state index in [-0.39, 0.29) is 5.56 Å². The molecule has 178 valence electrons. The number of thiazole rings is 1. The number of benzene rings is 2. The van der Waals surface area contributed by atoms with Crippen molar-refractivity contribution in [3.8, 4) is 28.6 Å². The Labute approximate surface area is 202 Å². The van der Waals surface area contributed by atoms with E-state index in [2.05, 4.69) is 17.0 Å². The minimum Gasteiger partial charge on any atom is -0.494 e. The lowest BCUT2D eigenvalue weighted by Crippen LogP contribution is -2.23. The van der Waals surface area contributed by atoms with E-state index in [1.165, 1.54) is 28.7 Å². The van der Waals surface area contributed by atoms with Gasteiger partial charge in [0.2, 0.25) is 4.96 Å². The molecule has 34 heavy (non-hydrogen) atoms. The number of rotatable bonds is 11. The Morgan fingerprint density at radius 3 is 2.53 bits per heavy atom. The molecule has 4 aromatic rings. The first-order valence-corrected chi connectivity index (χ1v) is 12.4. The van der Waals surface area contributed by atoms with Crippen LogP contribution in [0.3, 0.4) is 0 Å². The number of nitrogens with zero attached hydrogens (tertiary/aromatic N) is 3. The zero-order valence-corrected chi connectivity index (χ0v) is 20.6. The van der Waals surface area contributed by atoms with Gasteiger partial charge in [-0.05, 0) is 61.4 Å². The third-order valence-electron chi connectivity index (χ3n) is 5.35. The van der Waals surface area contributed by atoms with Crippen LogP contribution >= 0.6 is 11.3 Å². The topological polar surface area (TPSA) is 75.0 Å². The number of ether oxygens (including phenoxy) is 3. The van der Waals surface area contributed by atoms with Crippen LogP contribution in [-0.4, -0.2) is 34.9 Å². The van der Waals surface area contributed by atoms with Crippen molar-refractivity contribution in [2.75, 3.05) is 20.3 Å². The maximum absolute atomic E-state index is 12.9. The molecule has 7 nitrogen and oxygen atoms in total. The number of fused-ring (bicyclic) bond motifs is 1. The van der Waals surface area contributed by atoms with Crippen LogP contribution in [0.4, 0.5) is 0 Å². The van der Waals surface area contributed by atoms with E-state index in [0.29, 0.717) is 40.0 Å². The maximum atomic E-state index is 12.9. The summed E-state index contributed by atoms with van der Waals surface area (Å²) >= 11 is 1.31. The summed E-state index contributed by atoms with van der Waals surface area (Å²) in [6.07, 6.45) is 6.41. The van der Waals surface area contributed by atoms with Gasteiger partial charge in [0.15, 0.2) is 17.3 Å². The zero-order chi connectivity index (χ0) is 23.9. The number of aromatic nitrogens is 3. The van der Waals surface area contributed by atoms with Crippen LogP contribution in [-0.2, 0) is 0 Å². The fraction of sp³-hybridized carbons (Fsp3) is 0.346. The van der Waals surface area contributed by atoms with Gasteiger partial charge in [-0.25, -0.2) is 0 Å². The first-order chi connectivity index (χ1) is 16.6. The molecule has 0 amide bonds. The Bertz CT molecular complexity index is 1350. The lowest BCUT2D eigenvalue weighted by molar-refractivity contribution is 0.285. The highest BCUT2D eigenvalue weighted by Gasteiger charge is 2.13. The molecule has 8 heteroatoms. The Morgan fingerprint density at radius 2 is 1.82 bits per heavy atom. The summed E-state index contributed by atoms with van der Waals surface area (Å²) in [6.45, 7) is 5.40. The number of hydrogen-bond acceptors (Lipinski definition) is 7. The molecule has 2 heterocycles. The van der Waals surface area contributed by atoms with Crippen LogP contribution in [0.25, 0.3) is 22.4 Å². The summed E-state index contributed by atoms with van der Waals surface area (Å²) in [5, 5.41) is 4.42. The Hall–Kier alpha value is -3.39. The van der Waals surface area contributed by atoms with Gasteiger partial charge in [-0.1, -0.05) is 43.6 Å². The molecule has 0 saturated heterocycles. The first-order valence-electron chi connectivity index (χ1n) is 11.6. The molecular formula is C26H29N3O4S. The second-order valence-electron chi connectivity index (χ2n) is 7.82. The Morgan fingerprint density at radius 1 is 1.00 bits per heavy atom. The van der Waals surface area contributed by atoms with E-state index in [9.17, 15) is 4.79 Å². The highest BCUT2D eigenvalue weighted by Crippen LogP contribution is 2.28. The van der Waals surface area contributed by atoms with Gasteiger partial charge in [0.1, 0.15) is 5.75 Å². The molecule has 2 aromatic carbocycles. The van der Waals surface area contributed by atoms with Crippen LogP contribution < -0.4 is 24.3 Å². The minimum absolute atomic E-state index is 0.195. The summed E-state index contributed by atoms with van der Waals surface area (Å²) in [7, 11) is 1.62. The van der Waals surface area contributed by atoms with Gasteiger partial charge in [-0.2, -0.15) is 9.50 Å². The summed E-state index contributed by atoms with van der Waals surface area (Å²) in [5.74, 6) is 2.66. The van der Waals surface area contributed by atoms with E-state index in [1.807, 2.05) is 55.5 Å². The van der Waals surface area contributed by atoms with Crippen molar-refractivity contribution in [1.29, 1.82) is 0 Å². The third kappa shape index (κ3) is 5.39. The molecule has 0 unspecified atom stereocenters. The van der Waals surface area contributed by atoms with Crippen LogP contribution in [0.2, 0.25) is 0 Å². The normalized spacial score (nSPS) is 11.8. The fourth-order valence-electron chi connectivity index (χ4n) is 3.58. The predicted molar refractivity (Wildman–Crippen MR) is 135 cm³/mol. The molecule has 0 fully saturated rings. The van der Waals surface area contributed by atoms with Crippen LogP contribution in [0.5, 0.6) is 17.2 Å². The molecule has 4 rings (SSSR count). The highest BCUT2D eigenvalue weighted by atomic mass is 32.1. The molecule has 0 spiro atoms. The zero-order valence-electron chi connectivity index (χ0n) is 19.7. The summed E-state index contributed by atoms with van der Waals surface area (Å²) in [6, 6.07) is 13.2. The van der Waals surface area contributed by atoms with Gasteiger partial charge < -0.3 is 14.2 Å². The maximum Gasteiger partial charge on any atom is 0.291 e. The summed E-state index contributed by atoms with van der Waals surface area (Å²) in [5.41, 5.74) is 1.49. The van der Waals surface area contributed by atoms with E-state index >= 15 is 0 Å². The van der Waals surface area contributed by atoms with E-state index in [0.717, 1.165) is 29.7 Å². The van der Waals surface area contributed by atoms with Crippen molar-refractivity contribution in [2.45, 2.75) is 39.5 Å². The van der Waals surface area contributed by atoms with Crippen molar-refractivity contribution in [3.63, 3.8) is 0 Å². The van der Waals surface area contributed by atoms with Crippen molar-refractivity contribution in [2.24, 2.45) is 0 Å². The Kier molecular flexibility index (Phi) is 7.80. The average molecular weight is 480 g/mol. The molecule has 0 aliphatic heterocycles. The standard InChI is InChI=1S/C26H29N3O4S/c1-4-6-7-8-15-33-21-14-9-18(16-22(21)31-3)17-23-25(30)29-26(34-23)27-24(28-29)19-10-12-20(13-11-19)32-5-2/h9-14,16-17H,4-8,15H2,1-3H3/b23-17-. The number of methoxy groups -OCH3 is 1. The van der Waals surface area contributed by atoms with Gasteiger partial charge in [-0.15, -0.1) is 5.10 Å². The van der Waals surface area contributed by atoms with Crippen molar-refractivity contribution in [3.05, 3.63) is 62.9 Å². The van der Waals surface area contributed by atoms with Crippen LogP contribution in [0.15, 0.2) is 47.3 Å². The van der Waals surface area contributed by atoms with Crippen molar-refractivity contribution < 1.29 is 14.2 Å². The van der Waals surface area contributed by atoms with Crippen molar-refractivity contribution >= 4 is 22.4 Å². The molecule has 0 aliphatic rings. The van der Waals surface area contributed by atoms with Gasteiger partial charge in [-0.3, -0.25) is 4.79 Å². The lowest BCUT2D eigenvalue weighted by Gasteiger charge is -2.11. The lowest BCUT2D eigenvalue weighted by atomic mass is 10.2. The van der Waals surface area contributed by atoms with Crippen LogP contribution in [0, 0.1) is 0 Å². The molecule has 0 aliphatic carbocycles. The van der Waals surface area contributed by atoms with Gasteiger partial charge in [0.05, 0.1) is 24.9 Å². The molecule has 0 N–H and O–H groups in total. The third-order valence-corrected chi connectivity index (χ3v) is 6.31. The van der Waals surface area contributed by atoms with Gasteiger partial charge in [0, 0.05) is 5.56 Å². The van der Waals surface area contributed by atoms with E-state index in [1.54, 1.807) is 7.11 Å². The second-order valence-corrected chi connectivity index (χ2v) is 8.83. The Balaban J connectivity index is 1.54. The van der Waals surface area contributed by atoms with Crippen molar-refractivity contribution in [1.82, 2.24) is 14.6 Å². The van der Waals surface area contributed by atoms with Gasteiger partial charge in [0.25, 0.3) is 5.56 Å². The molecule has 0 saturated carbocycles. The summed E-state index contributed by atoms with van der Waals surface area (Å²) < 4.78 is 18.8. The average Bonchev–Trinajstić information content (AvgIpc) is 3.39. The van der Waals surface area contributed by atoms with E-state index in [4.69, 9.17) is 14.2 Å².